The Morgan fingerprint density at radius 1 is 0.731 bits per heavy atom. The lowest BCUT2D eigenvalue weighted by molar-refractivity contribution is 0.0455. The number of halogens is 1. The van der Waals surface area contributed by atoms with Gasteiger partial charge in [-0.15, -0.1) is 0 Å². The van der Waals surface area contributed by atoms with Gasteiger partial charge >= 0.3 is 0 Å². The first-order valence-corrected chi connectivity index (χ1v) is 12.3. The predicted molar refractivity (Wildman–Crippen MR) is 115 cm³/mol. The maximum absolute atomic E-state index is 6.32. The molecule has 0 heterocycles. The monoisotopic (exact) mass is 472 g/mol. The first kappa shape index (κ1) is 19.5. The molecule has 3 heteroatoms. The van der Waals surface area contributed by atoms with E-state index in [1.807, 2.05) is 7.11 Å². The lowest BCUT2D eigenvalue weighted by Gasteiger charge is -2.34. The van der Waals surface area contributed by atoms with Gasteiger partial charge in [-0.3, -0.25) is 0 Å². The number of hydrogen-bond acceptors (Lipinski definition) is 2. The number of hydrogen-bond donors (Lipinski definition) is 0. The minimum atomic E-state index is 0.317. The van der Waals surface area contributed by atoms with E-state index in [9.17, 15) is 0 Å². The molecule has 26 heavy (non-hydrogen) atoms. The van der Waals surface area contributed by atoms with Crippen LogP contribution in [-0.2, 0) is 7.80 Å². The smallest absolute Gasteiger partial charge is 0.192 e. The predicted octanol–water partition coefficient (Wildman–Crippen LogP) is 7.22. The van der Waals surface area contributed by atoms with Gasteiger partial charge in [-0.2, -0.15) is 0 Å². The van der Waals surface area contributed by atoms with Crippen molar-refractivity contribution in [3.63, 3.8) is 0 Å². The second-order valence-corrected chi connectivity index (χ2v) is 9.91. The Morgan fingerprint density at radius 2 is 1.35 bits per heavy atom. The van der Waals surface area contributed by atoms with Gasteiger partial charge in [-0.25, -0.2) is 0 Å². The van der Waals surface area contributed by atoms with Gasteiger partial charge in [-0.05, 0) is 62.2 Å². The van der Waals surface area contributed by atoms with Gasteiger partial charge in [0.05, 0.1) is 6.10 Å². The fourth-order valence-corrected chi connectivity index (χ4v) is 7.60. The lowest BCUT2D eigenvalue weighted by atomic mass is 9.78. The normalized spacial score (nSPS) is 37.5. The Kier molecular flexibility index (Phi) is 6.88. The van der Waals surface area contributed by atoms with Crippen LogP contribution in [0.1, 0.15) is 89.9 Å². The van der Waals surface area contributed by atoms with E-state index in [1.165, 1.54) is 95.7 Å². The van der Waals surface area contributed by atoms with Crippen LogP contribution in [0.25, 0.3) is 0 Å². The largest absolute Gasteiger partial charge is 0.432 e. The van der Waals surface area contributed by atoms with Crippen molar-refractivity contribution in [3.05, 3.63) is 11.3 Å². The molecule has 0 radical (unpaired) electrons. The summed E-state index contributed by atoms with van der Waals surface area (Å²) in [4.78, 5) is 0. The summed E-state index contributed by atoms with van der Waals surface area (Å²) < 4.78 is 12.6. The molecule has 3 saturated carbocycles. The van der Waals surface area contributed by atoms with E-state index in [0.717, 1.165) is 17.8 Å². The molecular weight excluding hydrogens is 435 g/mol. The van der Waals surface area contributed by atoms with Crippen LogP contribution in [0.4, 0.5) is 0 Å². The Labute approximate surface area is 174 Å². The van der Waals surface area contributed by atoms with E-state index in [0.29, 0.717) is 17.9 Å². The van der Waals surface area contributed by atoms with Gasteiger partial charge in [0.15, 0.2) is 23.0 Å². The highest BCUT2D eigenvalue weighted by atomic mass is 127. The van der Waals surface area contributed by atoms with Crippen molar-refractivity contribution in [1.29, 1.82) is 0 Å². The third-order valence-electron chi connectivity index (χ3n) is 8.23. The number of rotatable bonds is 4. The van der Waals surface area contributed by atoms with Crippen molar-refractivity contribution in [2.45, 2.75) is 96.0 Å². The zero-order valence-electron chi connectivity index (χ0n) is 16.6. The Hall–Kier alpha value is 0.230. The topological polar surface area (TPSA) is 18.5 Å². The molecule has 0 spiro atoms. The van der Waals surface area contributed by atoms with Crippen molar-refractivity contribution >= 4 is 23.0 Å². The van der Waals surface area contributed by atoms with Crippen LogP contribution in [0.15, 0.2) is 11.3 Å². The van der Waals surface area contributed by atoms with E-state index in [2.05, 4.69) is 23.0 Å². The van der Waals surface area contributed by atoms with Crippen LogP contribution in [0.3, 0.4) is 0 Å². The van der Waals surface area contributed by atoms with Crippen LogP contribution in [0, 0.1) is 29.6 Å². The minimum absolute atomic E-state index is 0.317. The summed E-state index contributed by atoms with van der Waals surface area (Å²) in [6.45, 7) is 0. The van der Waals surface area contributed by atoms with Crippen LogP contribution in [0.5, 0.6) is 0 Å². The van der Waals surface area contributed by atoms with E-state index in [1.54, 1.807) is 5.57 Å². The molecule has 0 saturated heterocycles. The molecule has 2 unspecified atom stereocenters. The molecule has 0 aromatic carbocycles. The lowest BCUT2D eigenvalue weighted by Crippen LogP contribution is -2.33. The highest BCUT2D eigenvalue weighted by Gasteiger charge is 2.43. The molecule has 4 atom stereocenters. The number of methoxy groups -OCH3 is 1. The van der Waals surface area contributed by atoms with Gasteiger partial charge in [0.25, 0.3) is 0 Å². The molecule has 3 fully saturated rings. The zero-order chi connectivity index (χ0) is 17.9. The molecule has 0 aliphatic heterocycles. The molecule has 148 valence electrons. The first-order valence-electron chi connectivity index (χ1n) is 11.4. The molecule has 4 aliphatic carbocycles. The maximum atomic E-state index is 6.32. The summed E-state index contributed by atoms with van der Waals surface area (Å²) in [5.74, 6) is 5.21. The average molecular weight is 472 g/mol. The molecule has 4 rings (SSSR count). The number of ether oxygens (including phenoxy) is 1. The van der Waals surface area contributed by atoms with Crippen molar-refractivity contribution in [2.75, 3.05) is 7.11 Å². The van der Waals surface area contributed by atoms with Gasteiger partial charge in [-0.1, -0.05) is 51.4 Å². The molecule has 0 N–H and O–H groups in total. The van der Waals surface area contributed by atoms with Crippen LogP contribution < -0.4 is 0 Å². The third kappa shape index (κ3) is 3.86. The number of fused-ring (bicyclic) bond motifs is 1. The standard InChI is InChI=1S/C23H37IO2/c1-25-22-19(16-8-2-3-9-16)14-6-12-18-13-7-15-20(17-10-4-5-11-17)23(26-24)21(18)22/h16-20,22H,2-15H2,1H3/t18?,19-,20-,22?/m0/s1. The summed E-state index contributed by atoms with van der Waals surface area (Å²) >= 11 is 2.20. The first-order chi connectivity index (χ1) is 12.8. The van der Waals surface area contributed by atoms with Crippen molar-refractivity contribution in [2.24, 2.45) is 29.6 Å². The fraction of sp³-hybridized carbons (Fsp3) is 0.913. The molecule has 4 aliphatic rings. The van der Waals surface area contributed by atoms with Gasteiger partial charge in [0.1, 0.15) is 5.76 Å². The van der Waals surface area contributed by atoms with Crippen LogP contribution >= 0.6 is 23.0 Å². The molecule has 2 nitrogen and oxygen atoms in total. The molecule has 0 aromatic rings. The van der Waals surface area contributed by atoms with Crippen LogP contribution in [0.2, 0.25) is 0 Å². The summed E-state index contributed by atoms with van der Waals surface area (Å²) in [5, 5.41) is 0. The third-order valence-corrected chi connectivity index (χ3v) is 8.70. The molecule has 0 aromatic heterocycles. The van der Waals surface area contributed by atoms with Crippen molar-refractivity contribution in [3.8, 4) is 0 Å². The summed E-state index contributed by atoms with van der Waals surface area (Å²) in [7, 11) is 1.97. The summed E-state index contributed by atoms with van der Waals surface area (Å²) in [5.41, 5.74) is 1.62. The highest BCUT2D eigenvalue weighted by Crippen LogP contribution is 2.50. The maximum Gasteiger partial charge on any atom is 0.192 e. The van der Waals surface area contributed by atoms with Gasteiger partial charge < -0.3 is 7.80 Å². The molecule has 0 bridgehead atoms. The Bertz CT molecular complexity index is 490. The van der Waals surface area contributed by atoms with E-state index < -0.39 is 0 Å². The van der Waals surface area contributed by atoms with Crippen molar-refractivity contribution in [1.82, 2.24) is 0 Å². The minimum Gasteiger partial charge on any atom is -0.432 e. The highest BCUT2D eigenvalue weighted by molar-refractivity contribution is 14.1. The van der Waals surface area contributed by atoms with Gasteiger partial charge in [0, 0.05) is 18.6 Å². The second kappa shape index (κ2) is 9.15. The average Bonchev–Trinajstić information content (AvgIpc) is 3.31. The summed E-state index contributed by atoms with van der Waals surface area (Å²) in [6, 6.07) is 0. The van der Waals surface area contributed by atoms with Crippen molar-refractivity contribution < 1.29 is 7.80 Å². The van der Waals surface area contributed by atoms with E-state index in [-0.39, 0.29) is 0 Å². The quantitative estimate of drug-likeness (QED) is 0.402. The van der Waals surface area contributed by atoms with Gasteiger partial charge in [0.2, 0.25) is 0 Å². The Balaban J connectivity index is 1.71. The Morgan fingerprint density at radius 3 is 1.96 bits per heavy atom. The molecular formula is C23H37IO2. The summed E-state index contributed by atoms with van der Waals surface area (Å²) in [6.07, 6.45) is 19.9. The number of allylic oxidation sites excluding steroid dienone is 1. The van der Waals surface area contributed by atoms with Crippen LogP contribution in [-0.4, -0.2) is 13.2 Å². The second-order valence-electron chi connectivity index (χ2n) is 9.47. The van der Waals surface area contributed by atoms with E-state index >= 15 is 0 Å². The fourth-order valence-electron chi connectivity index (χ4n) is 7.02. The zero-order valence-corrected chi connectivity index (χ0v) is 18.7. The SMILES string of the molecule is COC1C2=C(OI)[C@H](C3CCCC3)CCCC2CCC[C@H]1C1CCCC1. The van der Waals surface area contributed by atoms with E-state index in [4.69, 9.17) is 7.80 Å². The molecule has 0 amide bonds.